The van der Waals surface area contributed by atoms with Gasteiger partial charge in [0.1, 0.15) is 0 Å². The van der Waals surface area contributed by atoms with Crippen molar-refractivity contribution in [1.82, 2.24) is 0 Å². The first-order valence-corrected chi connectivity index (χ1v) is 15.7. The van der Waals surface area contributed by atoms with Gasteiger partial charge in [-0.15, -0.1) is 0 Å². The molecule has 8 heteroatoms. The first-order valence-electron chi connectivity index (χ1n) is 15.7. The van der Waals surface area contributed by atoms with Crippen LogP contribution in [-0.4, -0.2) is 48.8 Å². The molecule has 0 bridgehead atoms. The fourth-order valence-corrected chi connectivity index (χ4v) is 3.50. The average Bonchev–Trinajstić information content (AvgIpc) is 2.95. The van der Waals surface area contributed by atoms with Gasteiger partial charge in [0, 0.05) is 25.2 Å². The maximum Gasteiger partial charge on any atom is 0.331 e. The van der Waals surface area contributed by atoms with Crippen molar-refractivity contribution < 1.29 is 38.5 Å². The molecule has 41 heavy (non-hydrogen) atoms. The highest BCUT2D eigenvalue weighted by atomic mass is 16.5. The van der Waals surface area contributed by atoms with Crippen LogP contribution in [0.5, 0.6) is 0 Å². The minimum Gasteiger partial charge on any atom is -0.481 e. The van der Waals surface area contributed by atoms with E-state index in [9.17, 15) is 14.4 Å². The van der Waals surface area contributed by atoms with E-state index in [2.05, 4.69) is 34.3 Å². The fraction of sp³-hybridized carbons (Fsp3) is 0.758. The molecule has 0 fully saturated rings. The minimum atomic E-state index is -0.833. The van der Waals surface area contributed by atoms with Crippen molar-refractivity contribution >= 4 is 23.9 Å². The molecule has 0 heterocycles. The Bertz CT molecular complexity index is 636. The summed E-state index contributed by atoms with van der Waals surface area (Å²) >= 11 is 0. The Morgan fingerprint density at radius 3 is 1.39 bits per heavy atom. The van der Waals surface area contributed by atoms with Crippen LogP contribution >= 0.6 is 0 Å². The maximum absolute atomic E-state index is 11.4. The van der Waals surface area contributed by atoms with Gasteiger partial charge in [-0.2, -0.15) is 0 Å². The Morgan fingerprint density at radius 2 is 1.02 bits per heavy atom. The van der Waals surface area contributed by atoms with Gasteiger partial charge in [0.2, 0.25) is 0 Å². The predicted molar refractivity (Wildman–Crippen MR) is 166 cm³/mol. The average molecular weight is 585 g/mol. The lowest BCUT2D eigenvalue weighted by Crippen LogP contribution is -2.12. The van der Waals surface area contributed by atoms with E-state index in [1.165, 1.54) is 70.3 Å². The summed E-state index contributed by atoms with van der Waals surface area (Å²) in [5.74, 6) is -1.57. The van der Waals surface area contributed by atoms with Crippen molar-refractivity contribution in [3.05, 3.63) is 24.8 Å². The second-order valence-corrected chi connectivity index (χ2v) is 9.97. The van der Waals surface area contributed by atoms with Crippen LogP contribution in [0.25, 0.3) is 0 Å². The van der Waals surface area contributed by atoms with Crippen molar-refractivity contribution in [2.75, 3.05) is 19.8 Å². The quantitative estimate of drug-likeness (QED) is 0.0551. The highest BCUT2D eigenvalue weighted by Gasteiger charge is 2.07. The van der Waals surface area contributed by atoms with Crippen LogP contribution in [0.2, 0.25) is 0 Å². The van der Waals surface area contributed by atoms with Crippen molar-refractivity contribution in [1.29, 1.82) is 0 Å². The normalized spacial score (nSPS) is 10.9. The molecule has 0 aliphatic rings. The van der Waals surface area contributed by atoms with E-state index < -0.39 is 17.9 Å². The number of aliphatic carboxylic acids is 1. The summed E-state index contributed by atoms with van der Waals surface area (Å²) in [4.78, 5) is 42.7. The summed E-state index contributed by atoms with van der Waals surface area (Å²) < 4.78 is 15.1. The summed E-state index contributed by atoms with van der Waals surface area (Å²) in [7, 11) is 0. The Hall–Kier alpha value is -2.64. The number of ether oxygens (including phenoxy) is 3. The second-order valence-electron chi connectivity index (χ2n) is 9.97. The van der Waals surface area contributed by atoms with Crippen LogP contribution in [-0.2, 0) is 33.4 Å². The van der Waals surface area contributed by atoms with Gasteiger partial charge in [-0.1, -0.05) is 118 Å². The van der Waals surface area contributed by atoms with Crippen molar-refractivity contribution in [3.8, 4) is 0 Å². The molecule has 0 aromatic carbocycles. The topological polar surface area (TPSA) is 116 Å². The van der Waals surface area contributed by atoms with Gasteiger partial charge in [0.15, 0.2) is 0 Å². The van der Waals surface area contributed by atoms with Crippen LogP contribution < -0.4 is 0 Å². The van der Waals surface area contributed by atoms with Gasteiger partial charge in [-0.3, -0.25) is 4.79 Å². The lowest BCUT2D eigenvalue weighted by molar-refractivity contribution is -0.140. The van der Waals surface area contributed by atoms with E-state index in [1.807, 2.05) is 0 Å². The molecule has 0 amide bonds. The number of esters is 3. The zero-order valence-corrected chi connectivity index (χ0v) is 26.8. The van der Waals surface area contributed by atoms with Crippen molar-refractivity contribution in [2.24, 2.45) is 5.92 Å². The second kappa shape index (κ2) is 35.4. The predicted octanol–water partition coefficient (Wildman–Crippen LogP) is 8.37. The lowest BCUT2D eigenvalue weighted by Gasteiger charge is -2.13. The summed E-state index contributed by atoms with van der Waals surface area (Å²) in [5.41, 5.74) is 0. The fourth-order valence-electron chi connectivity index (χ4n) is 3.50. The molecule has 0 radical (unpaired) electrons. The monoisotopic (exact) mass is 584 g/mol. The molecular weight excluding hydrogens is 524 g/mol. The summed E-state index contributed by atoms with van der Waals surface area (Å²) in [6, 6.07) is 0. The maximum atomic E-state index is 11.4. The van der Waals surface area contributed by atoms with Crippen molar-refractivity contribution in [2.45, 2.75) is 137 Å². The Kier molecular flexibility index (Phi) is 37.0. The van der Waals surface area contributed by atoms with Crippen LogP contribution in [0.15, 0.2) is 24.8 Å². The zero-order valence-electron chi connectivity index (χ0n) is 26.8. The summed E-state index contributed by atoms with van der Waals surface area (Å²) in [6.07, 6.45) is 21.9. The number of carboxylic acid groups (broad SMARTS) is 1. The smallest absolute Gasteiger partial charge is 0.331 e. The Balaban J connectivity index is -0.000000708. The SMILES string of the molecule is C=CC(=O)OCC(CC)CCCC.CC(=O)O.CCCCCCCCOC(=O)C=CC(=O)OCCCCCCCC. The van der Waals surface area contributed by atoms with Gasteiger partial charge in [0.05, 0.1) is 19.8 Å². The van der Waals surface area contributed by atoms with E-state index in [0.717, 1.165) is 57.6 Å². The van der Waals surface area contributed by atoms with E-state index in [-0.39, 0.29) is 5.97 Å². The van der Waals surface area contributed by atoms with Gasteiger partial charge in [-0.05, 0) is 25.2 Å². The van der Waals surface area contributed by atoms with Gasteiger partial charge < -0.3 is 19.3 Å². The Morgan fingerprint density at radius 1 is 0.634 bits per heavy atom. The van der Waals surface area contributed by atoms with Crippen LogP contribution in [0.1, 0.15) is 137 Å². The van der Waals surface area contributed by atoms with Gasteiger partial charge in [0.25, 0.3) is 5.97 Å². The highest BCUT2D eigenvalue weighted by Crippen LogP contribution is 2.12. The number of carboxylic acids is 1. The zero-order chi connectivity index (χ0) is 31.6. The molecular formula is C33H60O8. The number of unbranched alkanes of at least 4 members (excludes halogenated alkanes) is 11. The number of carbonyl (C=O) groups is 4. The third-order valence-electron chi connectivity index (χ3n) is 6.01. The number of carbonyl (C=O) groups excluding carboxylic acids is 3. The number of rotatable bonds is 23. The highest BCUT2D eigenvalue weighted by molar-refractivity contribution is 5.91. The third kappa shape index (κ3) is 42.0. The minimum absolute atomic E-state index is 0.310. The first-order chi connectivity index (χ1) is 19.7. The molecule has 0 aliphatic heterocycles. The molecule has 0 spiro atoms. The molecule has 0 aromatic rings. The first kappa shape index (κ1) is 42.8. The molecule has 0 saturated heterocycles. The standard InChI is InChI=1S/C20H36O4.C11H20O2.C2H4O2/c1-3-5-7-9-11-13-17-23-19(21)15-16-20(22)24-18-14-12-10-8-6-4-2;1-4-7-8-10(5-2)9-13-11(12)6-3;1-2(3)4/h15-16H,3-14,17-18H2,1-2H3;6,10H,3-5,7-9H2,1-2H3;1H3,(H,3,4). The van der Waals surface area contributed by atoms with E-state index in [4.69, 9.17) is 24.1 Å². The summed E-state index contributed by atoms with van der Waals surface area (Å²) in [6.45, 7) is 14.5. The molecule has 0 aromatic heterocycles. The number of hydrogen-bond donors (Lipinski definition) is 1. The Labute approximate surface area is 250 Å². The van der Waals surface area contributed by atoms with Gasteiger partial charge in [-0.25, -0.2) is 14.4 Å². The van der Waals surface area contributed by atoms with E-state index >= 15 is 0 Å². The van der Waals surface area contributed by atoms with E-state index in [1.54, 1.807) is 0 Å². The van der Waals surface area contributed by atoms with Crippen LogP contribution in [0.4, 0.5) is 0 Å². The lowest BCUT2D eigenvalue weighted by atomic mass is 10.0. The summed E-state index contributed by atoms with van der Waals surface area (Å²) in [5, 5.41) is 7.42. The van der Waals surface area contributed by atoms with Gasteiger partial charge >= 0.3 is 17.9 Å². The van der Waals surface area contributed by atoms with E-state index in [0.29, 0.717) is 25.7 Å². The molecule has 1 unspecified atom stereocenters. The molecule has 240 valence electrons. The molecule has 0 saturated carbocycles. The molecule has 1 atom stereocenters. The molecule has 1 N–H and O–H groups in total. The molecule has 0 rings (SSSR count). The third-order valence-corrected chi connectivity index (χ3v) is 6.01. The largest absolute Gasteiger partial charge is 0.481 e. The molecule has 8 nitrogen and oxygen atoms in total. The number of hydrogen-bond acceptors (Lipinski definition) is 7. The molecule has 0 aliphatic carbocycles. The van der Waals surface area contributed by atoms with Crippen LogP contribution in [0.3, 0.4) is 0 Å². The van der Waals surface area contributed by atoms with Crippen molar-refractivity contribution in [3.63, 3.8) is 0 Å². The van der Waals surface area contributed by atoms with Crippen LogP contribution in [0, 0.1) is 5.92 Å².